The van der Waals surface area contributed by atoms with E-state index in [2.05, 4.69) is 91.0 Å². The molecule has 37 heavy (non-hydrogen) atoms. The van der Waals surface area contributed by atoms with E-state index in [0.29, 0.717) is 0 Å². The summed E-state index contributed by atoms with van der Waals surface area (Å²) >= 11 is 3.57. The van der Waals surface area contributed by atoms with E-state index >= 15 is 0 Å². The lowest BCUT2D eigenvalue weighted by atomic mass is 9.97. The summed E-state index contributed by atoms with van der Waals surface area (Å²) in [6.07, 6.45) is 0. The van der Waals surface area contributed by atoms with E-state index in [1.54, 1.807) is 22.7 Å². The van der Waals surface area contributed by atoms with Crippen molar-refractivity contribution in [2.75, 3.05) is 0 Å². The maximum atomic E-state index is 6.34. The van der Waals surface area contributed by atoms with Crippen LogP contribution in [0.1, 0.15) is 0 Å². The van der Waals surface area contributed by atoms with Gasteiger partial charge in [0.1, 0.15) is 11.5 Å². The van der Waals surface area contributed by atoms with E-state index in [1.807, 2.05) is 6.07 Å². The van der Waals surface area contributed by atoms with Gasteiger partial charge >= 0.3 is 0 Å². The zero-order valence-corrected chi connectivity index (χ0v) is 21.0. The predicted molar refractivity (Wildman–Crippen MR) is 156 cm³/mol. The number of thiophene rings is 2. The van der Waals surface area contributed by atoms with Crippen LogP contribution in [0.4, 0.5) is 0 Å². The molecule has 1 aliphatic heterocycles. The molecule has 0 radical (unpaired) electrons. The highest BCUT2D eigenvalue weighted by Crippen LogP contribution is 2.53. The van der Waals surface area contributed by atoms with E-state index < -0.39 is 0 Å². The second kappa shape index (κ2) is 7.13. The SMILES string of the molecule is c1ccc(-c2nc(-c3cc4cccc5c4c4c3sc3cccc(c34)O5)nc3c2sc2ccccc23)cc1. The number of hydrogen-bond donors (Lipinski definition) is 0. The molecule has 0 spiro atoms. The first-order valence-electron chi connectivity index (χ1n) is 12.2. The van der Waals surface area contributed by atoms with Crippen LogP contribution in [0, 0.1) is 0 Å². The lowest BCUT2D eigenvalue weighted by Gasteiger charge is -2.17. The smallest absolute Gasteiger partial charge is 0.162 e. The van der Waals surface area contributed by atoms with Crippen LogP contribution >= 0.6 is 22.7 Å². The molecule has 5 heteroatoms. The quantitative estimate of drug-likeness (QED) is 0.233. The lowest BCUT2D eigenvalue weighted by molar-refractivity contribution is 0.493. The first-order chi connectivity index (χ1) is 18.3. The van der Waals surface area contributed by atoms with E-state index in [1.165, 1.54) is 35.6 Å². The van der Waals surface area contributed by atoms with E-state index in [0.717, 1.165) is 49.7 Å². The molecule has 0 unspecified atom stereocenters. The van der Waals surface area contributed by atoms with Crippen molar-refractivity contribution in [2.24, 2.45) is 0 Å². The van der Waals surface area contributed by atoms with Crippen LogP contribution in [0.15, 0.2) is 97.1 Å². The maximum Gasteiger partial charge on any atom is 0.162 e. The fourth-order valence-corrected chi connectivity index (χ4v) is 8.05. The average Bonchev–Trinajstić information content (AvgIpc) is 3.53. The molecule has 0 bridgehead atoms. The molecule has 3 nitrogen and oxygen atoms in total. The summed E-state index contributed by atoms with van der Waals surface area (Å²) in [6, 6.07) is 33.9. The van der Waals surface area contributed by atoms with Crippen molar-refractivity contribution in [1.29, 1.82) is 0 Å². The van der Waals surface area contributed by atoms with Crippen molar-refractivity contribution < 1.29 is 4.74 Å². The van der Waals surface area contributed by atoms with Crippen molar-refractivity contribution in [3.8, 4) is 34.1 Å². The largest absolute Gasteiger partial charge is 0.456 e. The molecule has 0 amide bonds. The molecule has 8 aromatic rings. The van der Waals surface area contributed by atoms with Gasteiger partial charge in [-0.2, -0.15) is 0 Å². The van der Waals surface area contributed by atoms with Gasteiger partial charge in [0.05, 0.1) is 15.9 Å². The van der Waals surface area contributed by atoms with Gasteiger partial charge in [-0.3, -0.25) is 0 Å². The Morgan fingerprint density at radius 2 is 1.35 bits per heavy atom. The average molecular weight is 509 g/mol. The topological polar surface area (TPSA) is 35.0 Å². The molecule has 5 aromatic carbocycles. The summed E-state index contributed by atoms with van der Waals surface area (Å²) in [6.45, 7) is 0. The Balaban J connectivity index is 1.47. The van der Waals surface area contributed by atoms with Gasteiger partial charge in [-0.15, -0.1) is 22.7 Å². The minimum absolute atomic E-state index is 0.766. The van der Waals surface area contributed by atoms with Gasteiger partial charge in [-0.1, -0.05) is 66.7 Å². The third-order valence-electron chi connectivity index (χ3n) is 7.26. The molecular formula is C32H16N2OS2. The zero-order chi connectivity index (χ0) is 24.1. The Kier molecular flexibility index (Phi) is 3.82. The fourth-order valence-electron chi connectivity index (χ4n) is 5.66. The summed E-state index contributed by atoms with van der Waals surface area (Å²) in [5.74, 6) is 2.60. The van der Waals surface area contributed by atoms with Gasteiger partial charge in [0.25, 0.3) is 0 Å². The second-order valence-corrected chi connectivity index (χ2v) is 11.5. The number of aromatic nitrogens is 2. The van der Waals surface area contributed by atoms with Crippen LogP contribution in [-0.4, -0.2) is 9.97 Å². The first kappa shape index (κ1) is 19.8. The predicted octanol–water partition coefficient (Wildman–Crippen LogP) is 9.81. The standard InChI is InChI=1S/C32H16N2OS2/c1-2-8-17(9-3-1)28-31-29(19-11-4-5-14-23(19)36-31)34-32(33-28)20-16-18-10-6-12-21-25(18)27-26-22(35-21)13-7-15-24(26)37-30(20)27/h1-16H. The highest BCUT2D eigenvalue weighted by Gasteiger charge is 2.25. The number of rotatable bonds is 2. The monoisotopic (exact) mass is 508 g/mol. The van der Waals surface area contributed by atoms with Crippen LogP contribution in [-0.2, 0) is 0 Å². The molecule has 1 aliphatic rings. The molecule has 0 saturated carbocycles. The van der Waals surface area contributed by atoms with Crippen molar-refractivity contribution in [1.82, 2.24) is 9.97 Å². The molecule has 3 aromatic heterocycles. The fraction of sp³-hybridized carbons (Fsp3) is 0. The molecule has 9 rings (SSSR count). The van der Waals surface area contributed by atoms with Crippen molar-refractivity contribution in [3.05, 3.63) is 97.1 Å². The molecule has 0 aliphatic carbocycles. The summed E-state index contributed by atoms with van der Waals surface area (Å²) in [5, 5.41) is 5.95. The number of ether oxygens (including phenoxy) is 1. The molecule has 0 atom stereocenters. The third-order valence-corrected chi connectivity index (χ3v) is 9.61. The van der Waals surface area contributed by atoms with Gasteiger partial charge in [0.15, 0.2) is 5.82 Å². The Morgan fingerprint density at radius 3 is 2.27 bits per heavy atom. The third kappa shape index (κ3) is 2.65. The first-order valence-corrected chi connectivity index (χ1v) is 13.8. The minimum atomic E-state index is 0.766. The number of nitrogens with zero attached hydrogens (tertiary/aromatic N) is 2. The highest BCUT2D eigenvalue weighted by molar-refractivity contribution is 7.27. The summed E-state index contributed by atoms with van der Waals surface area (Å²) < 4.78 is 11.1. The van der Waals surface area contributed by atoms with Crippen LogP contribution in [0.3, 0.4) is 0 Å². The molecular weight excluding hydrogens is 492 g/mol. The Morgan fingerprint density at radius 1 is 0.595 bits per heavy atom. The minimum Gasteiger partial charge on any atom is -0.456 e. The molecule has 0 fully saturated rings. The van der Waals surface area contributed by atoms with Crippen LogP contribution in [0.25, 0.3) is 73.9 Å². The van der Waals surface area contributed by atoms with Gasteiger partial charge in [-0.25, -0.2) is 9.97 Å². The van der Waals surface area contributed by atoms with Gasteiger partial charge < -0.3 is 4.74 Å². The highest BCUT2D eigenvalue weighted by atomic mass is 32.1. The van der Waals surface area contributed by atoms with Crippen molar-refractivity contribution in [2.45, 2.75) is 0 Å². The van der Waals surface area contributed by atoms with Crippen LogP contribution in [0.5, 0.6) is 11.5 Å². The van der Waals surface area contributed by atoms with Gasteiger partial charge in [-0.05, 0) is 35.7 Å². The van der Waals surface area contributed by atoms with E-state index in [4.69, 9.17) is 14.7 Å². The normalized spacial score (nSPS) is 12.5. The van der Waals surface area contributed by atoms with Crippen molar-refractivity contribution >= 4 is 73.9 Å². The van der Waals surface area contributed by atoms with Gasteiger partial charge in [0, 0.05) is 46.8 Å². The number of fused-ring (bicyclic) bond motifs is 3. The van der Waals surface area contributed by atoms with E-state index in [-0.39, 0.29) is 0 Å². The Bertz CT molecular complexity index is 2230. The summed E-state index contributed by atoms with van der Waals surface area (Å²) in [5.41, 5.74) is 4.18. The lowest BCUT2D eigenvalue weighted by Crippen LogP contribution is -1.96. The van der Waals surface area contributed by atoms with Gasteiger partial charge in [0.2, 0.25) is 0 Å². The maximum absolute atomic E-state index is 6.34. The molecule has 4 heterocycles. The zero-order valence-electron chi connectivity index (χ0n) is 19.4. The second-order valence-electron chi connectivity index (χ2n) is 9.35. The summed E-state index contributed by atoms with van der Waals surface area (Å²) in [4.78, 5) is 10.5. The Labute approximate surface area is 219 Å². The molecule has 0 N–H and O–H groups in total. The summed E-state index contributed by atoms with van der Waals surface area (Å²) in [7, 11) is 0. The molecule has 172 valence electrons. The van der Waals surface area contributed by atoms with Crippen LogP contribution < -0.4 is 4.74 Å². The molecule has 0 saturated heterocycles. The number of hydrogen-bond acceptors (Lipinski definition) is 5. The van der Waals surface area contributed by atoms with Crippen LogP contribution in [0.2, 0.25) is 0 Å². The Hall–Kier alpha value is -4.32. The van der Waals surface area contributed by atoms with Crippen molar-refractivity contribution in [3.63, 3.8) is 0 Å². The van der Waals surface area contributed by atoms with E-state index in [9.17, 15) is 0 Å². The number of benzene rings is 5.